The van der Waals surface area contributed by atoms with Crippen LogP contribution in [0.5, 0.6) is 0 Å². The van der Waals surface area contributed by atoms with Gasteiger partial charge in [-0.1, -0.05) is 32.3 Å². The first-order chi connectivity index (χ1) is 3.91. The van der Waals surface area contributed by atoms with Crippen LogP contribution in [0.3, 0.4) is 0 Å². The first kappa shape index (κ1) is 12.0. The molecule has 0 unspecified atom stereocenters. The maximum atomic E-state index is 3.66. The Labute approximate surface area is 69.1 Å². The smallest absolute Gasteiger partial charge is 0.0353 e. The fourth-order valence-electron chi connectivity index (χ4n) is 0.715. The first-order valence-electron chi connectivity index (χ1n) is 3.52. The van der Waals surface area contributed by atoms with Crippen LogP contribution in [0.2, 0.25) is 0 Å². The van der Waals surface area contributed by atoms with E-state index in [1.807, 2.05) is 6.08 Å². The molecule has 0 aliphatic carbocycles. The zero-order chi connectivity index (χ0) is 6.24. The average molecular weight is 193 g/mol. The molecule has 0 aliphatic rings. The van der Waals surface area contributed by atoms with Crippen molar-refractivity contribution in [3.63, 3.8) is 0 Å². The fourth-order valence-corrected chi connectivity index (χ4v) is 0.715. The van der Waals surface area contributed by atoms with Crippen LogP contribution in [0.1, 0.15) is 39.0 Å². The predicted molar refractivity (Wildman–Crippen MR) is 49.3 cm³/mol. The van der Waals surface area contributed by atoms with E-state index in [-0.39, 0.29) is 17.0 Å². The minimum absolute atomic E-state index is 0. The molecule has 0 saturated carbocycles. The maximum absolute atomic E-state index is 3.66. The Kier molecular flexibility index (Phi) is 14.7. The van der Waals surface area contributed by atoms with E-state index in [2.05, 4.69) is 13.5 Å². The summed E-state index contributed by atoms with van der Waals surface area (Å²) in [4.78, 5) is 0. The van der Waals surface area contributed by atoms with Crippen molar-refractivity contribution in [2.45, 2.75) is 39.0 Å². The van der Waals surface area contributed by atoms with Gasteiger partial charge < -0.3 is 0 Å². The van der Waals surface area contributed by atoms with Gasteiger partial charge in [-0.15, -0.1) is 23.6 Å². The van der Waals surface area contributed by atoms with Crippen molar-refractivity contribution in [1.29, 1.82) is 0 Å². The van der Waals surface area contributed by atoms with Gasteiger partial charge in [0.2, 0.25) is 0 Å². The quantitative estimate of drug-likeness (QED) is 0.461. The topological polar surface area (TPSA) is 0 Å². The highest BCUT2D eigenvalue weighted by atomic mass is 79.9. The number of hydrogen-bond acceptors (Lipinski definition) is 0. The second kappa shape index (κ2) is 11.1. The van der Waals surface area contributed by atoms with Gasteiger partial charge in [0.1, 0.15) is 0 Å². The van der Waals surface area contributed by atoms with Crippen molar-refractivity contribution < 1.29 is 0 Å². The molecule has 0 amide bonds. The molecular weight excluding hydrogens is 176 g/mol. The summed E-state index contributed by atoms with van der Waals surface area (Å²) in [6.07, 6.45) is 8.61. The van der Waals surface area contributed by atoms with E-state index in [9.17, 15) is 0 Å². The highest BCUT2D eigenvalue weighted by Crippen LogP contribution is 2.01. The summed E-state index contributed by atoms with van der Waals surface area (Å²) in [6, 6.07) is 0. The number of rotatable bonds is 5. The number of hydrogen-bond donors (Lipinski definition) is 0. The third-order valence-electron chi connectivity index (χ3n) is 1.26. The molecule has 0 radical (unpaired) electrons. The Bertz CT molecular complexity index is 50.5. The van der Waals surface area contributed by atoms with Crippen LogP contribution in [0.15, 0.2) is 12.7 Å². The van der Waals surface area contributed by atoms with E-state index in [0.717, 1.165) is 0 Å². The lowest BCUT2D eigenvalue weighted by atomic mass is 10.2. The van der Waals surface area contributed by atoms with Crippen molar-refractivity contribution >= 4 is 17.0 Å². The van der Waals surface area contributed by atoms with Gasteiger partial charge in [-0.3, -0.25) is 0 Å². The summed E-state index contributed by atoms with van der Waals surface area (Å²) >= 11 is 0. The lowest BCUT2D eigenvalue weighted by molar-refractivity contribution is 0.675. The molecule has 56 valence electrons. The Balaban J connectivity index is 0. The molecule has 0 saturated heterocycles. The van der Waals surface area contributed by atoms with Gasteiger partial charge in [0.15, 0.2) is 0 Å². The molecule has 1 heteroatoms. The minimum atomic E-state index is 0. The molecule has 0 aromatic rings. The van der Waals surface area contributed by atoms with E-state index < -0.39 is 0 Å². The molecule has 0 aliphatic heterocycles. The molecule has 0 rings (SSSR count). The second-order valence-corrected chi connectivity index (χ2v) is 2.14. The Morgan fingerprint density at radius 1 is 1.22 bits per heavy atom. The van der Waals surface area contributed by atoms with Crippen LogP contribution < -0.4 is 0 Å². The van der Waals surface area contributed by atoms with Gasteiger partial charge in [0.25, 0.3) is 0 Å². The van der Waals surface area contributed by atoms with E-state index >= 15 is 0 Å². The Morgan fingerprint density at radius 3 is 2.33 bits per heavy atom. The van der Waals surface area contributed by atoms with Gasteiger partial charge in [0, 0.05) is 0 Å². The van der Waals surface area contributed by atoms with Gasteiger partial charge in [-0.25, -0.2) is 0 Å². The van der Waals surface area contributed by atoms with E-state index in [1.54, 1.807) is 0 Å². The van der Waals surface area contributed by atoms with Gasteiger partial charge in [-0.05, 0) is 12.8 Å². The summed E-state index contributed by atoms with van der Waals surface area (Å²) in [6.45, 7) is 5.89. The highest BCUT2D eigenvalue weighted by molar-refractivity contribution is 8.93. The van der Waals surface area contributed by atoms with Crippen LogP contribution in [-0.2, 0) is 0 Å². The van der Waals surface area contributed by atoms with E-state index in [1.165, 1.54) is 32.1 Å². The molecule has 0 spiro atoms. The minimum Gasteiger partial charge on any atom is -0.114 e. The zero-order valence-corrected chi connectivity index (χ0v) is 7.94. The first-order valence-corrected chi connectivity index (χ1v) is 3.52. The standard InChI is InChI=1S/C8H16.BrH/c1-3-5-7-8-6-4-2;/h3H,1,4-8H2,2H3;1H. The summed E-state index contributed by atoms with van der Waals surface area (Å²) < 4.78 is 0. The van der Waals surface area contributed by atoms with Gasteiger partial charge in [-0.2, -0.15) is 0 Å². The molecule has 9 heavy (non-hydrogen) atoms. The van der Waals surface area contributed by atoms with E-state index in [4.69, 9.17) is 0 Å². The zero-order valence-electron chi connectivity index (χ0n) is 6.23. The second-order valence-electron chi connectivity index (χ2n) is 2.14. The van der Waals surface area contributed by atoms with Crippen LogP contribution in [0.25, 0.3) is 0 Å². The predicted octanol–water partition coefficient (Wildman–Crippen LogP) is 3.72. The SMILES string of the molecule is Br.C=CCCCCCC. The van der Waals surface area contributed by atoms with Crippen molar-refractivity contribution in [2.75, 3.05) is 0 Å². The molecule has 0 bridgehead atoms. The average Bonchev–Trinajstić information content (AvgIpc) is 1.81. The summed E-state index contributed by atoms with van der Waals surface area (Å²) in [7, 11) is 0. The summed E-state index contributed by atoms with van der Waals surface area (Å²) in [5, 5.41) is 0. The van der Waals surface area contributed by atoms with Crippen LogP contribution in [-0.4, -0.2) is 0 Å². The lowest BCUT2D eigenvalue weighted by Crippen LogP contribution is -1.71. The molecule has 0 aromatic heterocycles. The monoisotopic (exact) mass is 192 g/mol. The van der Waals surface area contributed by atoms with Crippen molar-refractivity contribution in [1.82, 2.24) is 0 Å². The largest absolute Gasteiger partial charge is 0.114 e. The molecule has 0 heterocycles. The number of allylic oxidation sites excluding steroid dienone is 1. The Hall–Kier alpha value is 0.220. The van der Waals surface area contributed by atoms with Gasteiger partial charge >= 0.3 is 0 Å². The molecule has 0 atom stereocenters. The van der Waals surface area contributed by atoms with Crippen molar-refractivity contribution in [2.24, 2.45) is 0 Å². The highest BCUT2D eigenvalue weighted by Gasteiger charge is 1.81. The van der Waals surface area contributed by atoms with Gasteiger partial charge in [0.05, 0.1) is 0 Å². The molecule has 0 aromatic carbocycles. The maximum Gasteiger partial charge on any atom is -0.0353 e. The van der Waals surface area contributed by atoms with Crippen LogP contribution in [0.4, 0.5) is 0 Å². The summed E-state index contributed by atoms with van der Waals surface area (Å²) in [5.41, 5.74) is 0. The lowest BCUT2D eigenvalue weighted by Gasteiger charge is -1.91. The third-order valence-corrected chi connectivity index (χ3v) is 1.26. The molecule has 0 N–H and O–H groups in total. The fraction of sp³-hybridized carbons (Fsp3) is 0.750. The van der Waals surface area contributed by atoms with Crippen LogP contribution in [0, 0.1) is 0 Å². The molecular formula is C8H17Br. The summed E-state index contributed by atoms with van der Waals surface area (Å²) in [5.74, 6) is 0. The normalized spacial score (nSPS) is 8.11. The van der Waals surface area contributed by atoms with Crippen LogP contribution >= 0.6 is 17.0 Å². The van der Waals surface area contributed by atoms with Crippen molar-refractivity contribution in [3.05, 3.63) is 12.7 Å². The van der Waals surface area contributed by atoms with E-state index in [0.29, 0.717) is 0 Å². The third kappa shape index (κ3) is 11.7. The van der Waals surface area contributed by atoms with Crippen molar-refractivity contribution in [3.8, 4) is 0 Å². The molecule has 0 nitrogen and oxygen atoms in total. The Morgan fingerprint density at radius 2 is 1.89 bits per heavy atom. The number of halogens is 1. The number of unbranched alkanes of at least 4 members (excludes halogenated alkanes) is 4. The molecule has 0 fully saturated rings.